The third kappa shape index (κ3) is 2.50. The Labute approximate surface area is 114 Å². The quantitative estimate of drug-likeness (QED) is 0.878. The number of para-hydroxylation sites is 1. The van der Waals surface area contributed by atoms with E-state index in [9.17, 15) is 4.79 Å². The van der Waals surface area contributed by atoms with Gasteiger partial charge in [-0.05, 0) is 18.1 Å². The van der Waals surface area contributed by atoms with Gasteiger partial charge >= 0.3 is 0 Å². The fourth-order valence-electron chi connectivity index (χ4n) is 2.32. The molecular formula is C16H22N2O. The molecule has 0 saturated carbocycles. The lowest BCUT2D eigenvalue weighted by Crippen LogP contribution is -2.19. The Bertz CT molecular complexity index is 612. The first-order valence-corrected chi connectivity index (χ1v) is 6.73. The van der Waals surface area contributed by atoms with Crippen LogP contribution in [-0.4, -0.2) is 9.78 Å². The number of nitrogens with one attached hydrogen (secondary N) is 1. The molecule has 2 rings (SSSR count). The van der Waals surface area contributed by atoms with Gasteiger partial charge in [-0.3, -0.25) is 9.89 Å². The predicted octanol–water partition coefficient (Wildman–Crippen LogP) is 3.59. The van der Waals surface area contributed by atoms with Crippen molar-refractivity contribution in [1.29, 1.82) is 0 Å². The maximum absolute atomic E-state index is 12.6. The minimum atomic E-state index is -0.0706. The second kappa shape index (κ2) is 4.72. The Hall–Kier alpha value is -1.77. The third-order valence-corrected chi connectivity index (χ3v) is 3.27. The molecular weight excluding hydrogens is 236 g/mol. The summed E-state index contributed by atoms with van der Waals surface area (Å²) in [4.78, 5) is 12.6. The standard InChI is InChI=1S/C16H22N2O/c1-11(2)13-14(16(3,4)5)17-18(15(13)19)12-9-7-6-8-10-12/h6-11,17H,1-5H3. The Morgan fingerprint density at radius 2 is 1.68 bits per heavy atom. The van der Waals surface area contributed by atoms with Crippen molar-refractivity contribution in [1.82, 2.24) is 9.78 Å². The zero-order valence-electron chi connectivity index (χ0n) is 12.3. The normalized spacial score (nSPS) is 12.1. The summed E-state index contributed by atoms with van der Waals surface area (Å²) in [5.41, 5.74) is 2.78. The highest BCUT2D eigenvalue weighted by Gasteiger charge is 2.26. The largest absolute Gasteiger partial charge is 0.294 e. The Morgan fingerprint density at radius 3 is 2.11 bits per heavy atom. The SMILES string of the molecule is CC(C)c1c(C(C)(C)C)[nH]n(-c2ccccc2)c1=O. The maximum atomic E-state index is 12.6. The molecule has 19 heavy (non-hydrogen) atoms. The van der Waals surface area contributed by atoms with Crippen molar-refractivity contribution in [2.45, 2.75) is 46.0 Å². The smallest absolute Gasteiger partial charge is 0.274 e. The van der Waals surface area contributed by atoms with Gasteiger partial charge < -0.3 is 0 Å². The average Bonchev–Trinajstić information content (AvgIpc) is 2.68. The van der Waals surface area contributed by atoms with E-state index in [1.165, 1.54) is 0 Å². The molecule has 0 aliphatic rings. The van der Waals surface area contributed by atoms with Crippen LogP contribution in [0.15, 0.2) is 35.1 Å². The summed E-state index contributed by atoms with van der Waals surface area (Å²) in [5.74, 6) is 0.211. The molecule has 1 aromatic carbocycles. The summed E-state index contributed by atoms with van der Waals surface area (Å²) < 4.78 is 1.65. The van der Waals surface area contributed by atoms with E-state index in [1.54, 1.807) is 4.68 Å². The molecule has 2 aromatic rings. The number of hydrogen-bond donors (Lipinski definition) is 1. The molecule has 0 spiro atoms. The fourth-order valence-corrected chi connectivity index (χ4v) is 2.32. The van der Waals surface area contributed by atoms with E-state index in [0.717, 1.165) is 16.9 Å². The molecule has 0 amide bonds. The van der Waals surface area contributed by atoms with Gasteiger partial charge in [-0.25, -0.2) is 4.68 Å². The van der Waals surface area contributed by atoms with E-state index in [-0.39, 0.29) is 16.9 Å². The number of hydrogen-bond acceptors (Lipinski definition) is 1. The molecule has 0 bridgehead atoms. The van der Waals surface area contributed by atoms with Crippen molar-refractivity contribution in [3.05, 3.63) is 51.9 Å². The van der Waals surface area contributed by atoms with Crippen LogP contribution in [-0.2, 0) is 5.41 Å². The van der Waals surface area contributed by atoms with E-state index in [2.05, 4.69) is 39.7 Å². The van der Waals surface area contributed by atoms with Crippen LogP contribution in [0, 0.1) is 0 Å². The molecule has 1 heterocycles. The van der Waals surface area contributed by atoms with E-state index in [4.69, 9.17) is 0 Å². The van der Waals surface area contributed by atoms with Crippen molar-refractivity contribution >= 4 is 0 Å². The van der Waals surface area contributed by atoms with Crippen LogP contribution < -0.4 is 5.56 Å². The van der Waals surface area contributed by atoms with Gasteiger partial charge in [0.2, 0.25) is 0 Å². The van der Waals surface area contributed by atoms with Gasteiger partial charge in [0.1, 0.15) is 0 Å². The molecule has 0 aliphatic carbocycles. The van der Waals surface area contributed by atoms with Gasteiger partial charge in [-0.15, -0.1) is 0 Å². The molecule has 3 heteroatoms. The Kier molecular flexibility index (Phi) is 3.40. The van der Waals surface area contributed by atoms with Crippen LogP contribution >= 0.6 is 0 Å². The number of aromatic amines is 1. The van der Waals surface area contributed by atoms with Crippen LogP contribution in [0.4, 0.5) is 0 Å². The molecule has 102 valence electrons. The fraction of sp³-hybridized carbons (Fsp3) is 0.438. The Balaban J connectivity index is 2.70. The van der Waals surface area contributed by atoms with Crippen LogP contribution in [0.1, 0.15) is 51.8 Å². The molecule has 0 aliphatic heterocycles. The minimum Gasteiger partial charge on any atom is -0.294 e. The molecule has 1 aromatic heterocycles. The maximum Gasteiger partial charge on any atom is 0.274 e. The molecule has 0 unspecified atom stereocenters. The minimum absolute atomic E-state index is 0.0612. The molecule has 1 N–H and O–H groups in total. The van der Waals surface area contributed by atoms with Crippen molar-refractivity contribution in [3.8, 4) is 5.69 Å². The van der Waals surface area contributed by atoms with Gasteiger partial charge in [-0.1, -0.05) is 52.8 Å². The summed E-state index contributed by atoms with van der Waals surface area (Å²) in [6, 6.07) is 9.71. The summed E-state index contributed by atoms with van der Waals surface area (Å²) in [7, 11) is 0. The molecule has 0 saturated heterocycles. The van der Waals surface area contributed by atoms with Crippen molar-refractivity contribution in [2.75, 3.05) is 0 Å². The molecule has 3 nitrogen and oxygen atoms in total. The van der Waals surface area contributed by atoms with Crippen molar-refractivity contribution in [2.24, 2.45) is 0 Å². The summed E-state index contributed by atoms with van der Waals surface area (Å²) in [6.07, 6.45) is 0. The lowest BCUT2D eigenvalue weighted by Gasteiger charge is -2.19. The number of nitrogens with zero attached hydrogens (tertiary/aromatic N) is 1. The van der Waals surface area contributed by atoms with Gasteiger partial charge in [0.15, 0.2) is 0 Å². The monoisotopic (exact) mass is 258 g/mol. The summed E-state index contributed by atoms with van der Waals surface area (Å²) >= 11 is 0. The second-order valence-electron chi connectivity index (χ2n) is 6.28. The van der Waals surface area contributed by atoms with Crippen LogP contribution in [0.25, 0.3) is 5.69 Å². The van der Waals surface area contributed by atoms with Crippen LogP contribution in [0.5, 0.6) is 0 Å². The lowest BCUT2D eigenvalue weighted by molar-refractivity contribution is 0.551. The van der Waals surface area contributed by atoms with Crippen LogP contribution in [0.2, 0.25) is 0 Å². The van der Waals surface area contributed by atoms with Gasteiger partial charge in [0.05, 0.1) is 5.69 Å². The summed E-state index contributed by atoms with van der Waals surface area (Å²) in [6.45, 7) is 10.5. The number of rotatable bonds is 2. The zero-order valence-corrected chi connectivity index (χ0v) is 12.3. The average molecular weight is 258 g/mol. The van der Waals surface area contributed by atoms with Gasteiger partial charge in [-0.2, -0.15) is 0 Å². The predicted molar refractivity (Wildman–Crippen MR) is 79.2 cm³/mol. The third-order valence-electron chi connectivity index (χ3n) is 3.27. The number of benzene rings is 1. The first kappa shape index (κ1) is 13.7. The Morgan fingerprint density at radius 1 is 1.11 bits per heavy atom. The second-order valence-corrected chi connectivity index (χ2v) is 6.28. The number of aromatic nitrogens is 2. The number of H-pyrrole nitrogens is 1. The highest BCUT2D eigenvalue weighted by molar-refractivity contribution is 5.35. The summed E-state index contributed by atoms with van der Waals surface area (Å²) in [5, 5.41) is 3.29. The van der Waals surface area contributed by atoms with Crippen molar-refractivity contribution in [3.63, 3.8) is 0 Å². The highest BCUT2D eigenvalue weighted by Crippen LogP contribution is 2.27. The highest BCUT2D eigenvalue weighted by atomic mass is 16.1. The van der Waals surface area contributed by atoms with Gasteiger partial charge in [0, 0.05) is 16.7 Å². The molecule has 0 radical (unpaired) electrons. The topological polar surface area (TPSA) is 37.8 Å². The van der Waals surface area contributed by atoms with E-state index in [1.807, 2.05) is 30.3 Å². The van der Waals surface area contributed by atoms with Crippen molar-refractivity contribution < 1.29 is 0 Å². The molecule has 0 fully saturated rings. The van der Waals surface area contributed by atoms with E-state index >= 15 is 0 Å². The first-order chi connectivity index (χ1) is 8.82. The van der Waals surface area contributed by atoms with Gasteiger partial charge in [0.25, 0.3) is 5.56 Å². The first-order valence-electron chi connectivity index (χ1n) is 6.73. The molecule has 0 atom stereocenters. The van der Waals surface area contributed by atoms with E-state index < -0.39 is 0 Å². The van der Waals surface area contributed by atoms with E-state index in [0.29, 0.717) is 0 Å². The lowest BCUT2D eigenvalue weighted by atomic mass is 9.86. The van der Waals surface area contributed by atoms with Crippen LogP contribution in [0.3, 0.4) is 0 Å². The zero-order chi connectivity index (χ0) is 14.2.